The number of halogens is 1. The van der Waals surface area contributed by atoms with Crippen molar-refractivity contribution in [3.8, 4) is 5.75 Å². The van der Waals surface area contributed by atoms with Crippen molar-refractivity contribution in [2.45, 2.75) is 38.4 Å². The minimum atomic E-state index is -0.577. The standard InChI is InChI=1S/C26H26FN5O5/c27-18-2-4-21-22(12-18)37-15-24(34)32(21)19-5-8-29(9-6-19)13-16-1-3-20-17(11-16)14-31(25(20)35)30-10-7-23(33)28-26(30)36/h1-4,11-12,19H,5-10,13-15H2,(H,28,33,36). The molecule has 10 nitrogen and oxygen atoms in total. The van der Waals surface area contributed by atoms with Gasteiger partial charge in [0.15, 0.2) is 6.61 Å². The molecule has 0 bridgehead atoms. The van der Waals surface area contributed by atoms with E-state index in [2.05, 4.69) is 10.2 Å². The number of nitrogens with zero attached hydrogens (tertiary/aromatic N) is 4. The lowest BCUT2D eigenvalue weighted by molar-refractivity contribution is -0.123. The highest BCUT2D eigenvalue weighted by Crippen LogP contribution is 2.36. The van der Waals surface area contributed by atoms with Gasteiger partial charge in [-0.15, -0.1) is 0 Å². The number of hydrazine groups is 1. The van der Waals surface area contributed by atoms with Crippen molar-refractivity contribution in [2.24, 2.45) is 0 Å². The number of fused-ring (bicyclic) bond motifs is 2. The normalized spacial score (nSPS) is 20.6. The number of amides is 5. The summed E-state index contributed by atoms with van der Waals surface area (Å²) in [7, 11) is 0. The maximum atomic E-state index is 13.6. The Bertz CT molecular complexity index is 1310. The largest absolute Gasteiger partial charge is 0.481 e. The van der Waals surface area contributed by atoms with Crippen molar-refractivity contribution in [3.63, 3.8) is 0 Å². The van der Waals surface area contributed by atoms with E-state index in [1.54, 1.807) is 17.0 Å². The van der Waals surface area contributed by atoms with Crippen molar-refractivity contribution in [2.75, 3.05) is 31.1 Å². The number of imide groups is 1. The lowest BCUT2D eigenvalue weighted by Gasteiger charge is -2.40. The number of rotatable bonds is 4. The number of urea groups is 1. The van der Waals surface area contributed by atoms with Gasteiger partial charge in [0.2, 0.25) is 5.91 Å². The summed E-state index contributed by atoms with van der Waals surface area (Å²) in [5.41, 5.74) is 3.10. The van der Waals surface area contributed by atoms with Crippen LogP contribution in [-0.2, 0) is 22.7 Å². The average Bonchev–Trinajstić information content (AvgIpc) is 3.20. The number of carbonyl (C=O) groups excluding carboxylic acids is 4. The zero-order chi connectivity index (χ0) is 25.7. The van der Waals surface area contributed by atoms with Crippen molar-refractivity contribution < 1.29 is 28.3 Å². The first-order valence-corrected chi connectivity index (χ1v) is 12.4. The topological polar surface area (TPSA) is 102 Å². The van der Waals surface area contributed by atoms with Gasteiger partial charge in [0.25, 0.3) is 11.8 Å². The molecule has 4 aliphatic heterocycles. The molecule has 37 heavy (non-hydrogen) atoms. The molecule has 0 spiro atoms. The lowest BCUT2D eigenvalue weighted by Crippen LogP contribution is -2.56. The van der Waals surface area contributed by atoms with Crippen LogP contribution in [0.4, 0.5) is 14.9 Å². The first-order chi connectivity index (χ1) is 17.9. The summed E-state index contributed by atoms with van der Waals surface area (Å²) in [6.07, 6.45) is 1.72. The van der Waals surface area contributed by atoms with Crippen LogP contribution in [0.25, 0.3) is 0 Å². The third-order valence-corrected chi connectivity index (χ3v) is 7.41. The van der Waals surface area contributed by atoms with E-state index >= 15 is 0 Å². The highest BCUT2D eigenvalue weighted by atomic mass is 19.1. The Balaban J connectivity index is 1.09. The first kappa shape index (κ1) is 23.4. The van der Waals surface area contributed by atoms with E-state index in [9.17, 15) is 23.6 Å². The van der Waals surface area contributed by atoms with Gasteiger partial charge in [-0.2, -0.15) is 0 Å². The summed E-state index contributed by atoms with van der Waals surface area (Å²) < 4.78 is 19.1. The number of piperidine rings is 1. The van der Waals surface area contributed by atoms with E-state index in [0.29, 0.717) is 23.5 Å². The summed E-state index contributed by atoms with van der Waals surface area (Å²) in [6.45, 7) is 2.65. The van der Waals surface area contributed by atoms with Crippen LogP contribution in [0.15, 0.2) is 36.4 Å². The van der Waals surface area contributed by atoms with E-state index in [4.69, 9.17) is 4.74 Å². The monoisotopic (exact) mass is 507 g/mol. The van der Waals surface area contributed by atoms with E-state index in [-0.39, 0.29) is 49.9 Å². The second-order valence-corrected chi connectivity index (χ2v) is 9.75. The molecule has 0 atom stereocenters. The van der Waals surface area contributed by atoms with Crippen LogP contribution in [0.1, 0.15) is 40.7 Å². The molecule has 0 aliphatic carbocycles. The number of likely N-dealkylation sites (tertiary alicyclic amines) is 1. The zero-order valence-corrected chi connectivity index (χ0v) is 20.1. The van der Waals surface area contributed by atoms with E-state index < -0.39 is 11.8 Å². The number of carbonyl (C=O) groups is 4. The molecule has 0 unspecified atom stereocenters. The Hall–Kier alpha value is -3.99. The molecular formula is C26H26FN5O5. The van der Waals surface area contributed by atoms with E-state index in [1.165, 1.54) is 22.2 Å². The van der Waals surface area contributed by atoms with Crippen molar-refractivity contribution >= 4 is 29.4 Å². The van der Waals surface area contributed by atoms with Crippen LogP contribution < -0.4 is 15.0 Å². The predicted molar refractivity (Wildman–Crippen MR) is 129 cm³/mol. The van der Waals surface area contributed by atoms with Crippen molar-refractivity contribution in [3.05, 3.63) is 58.9 Å². The second kappa shape index (κ2) is 9.15. The van der Waals surface area contributed by atoms with Gasteiger partial charge in [-0.3, -0.25) is 24.6 Å². The molecule has 2 aromatic rings. The number of ether oxygens (including phenoxy) is 1. The molecule has 2 saturated heterocycles. The van der Waals surface area contributed by atoms with Gasteiger partial charge in [-0.1, -0.05) is 12.1 Å². The Morgan fingerprint density at radius 2 is 1.78 bits per heavy atom. The zero-order valence-electron chi connectivity index (χ0n) is 20.1. The lowest BCUT2D eigenvalue weighted by atomic mass is 10.00. The summed E-state index contributed by atoms with van der Waals surface area (Å²) in [5.74, 6) is -0.694. The summed E-state index contributed by atoms with van der Waals surface area (Å²) in [5, 5.41) is 4.95. The minimum Gasteiger partial charge on any atom is -0.481 e. The third kappa shape index (κ3) is 4.29. The molecule has 5 amide bonds. The molecular weight excluding hydrogens is 481 g/mol. The smallest absolute Gasteiger partial charge is 0.342 e. The third-order valence-electron chi connectivity index (χ3n) is 7.41. The summed E-state index contributed by atoms with van der Waals surface area (Å²) >= 11 is 0. The second-order valence-electron chi connectivity index (χ2n) is 9.75. The average molecular weight is 508 g/mol. The highest BCUT2D eigenvalue weighted by molar-refractivity contribution is 6.02. The molecule has 0 saturated carbocycles. The summed E-state index contributed by atoms with van der Waals surface area (Å²) in [4.78, 5) is 53.3. The molecule has 6 rings (SSSR count). The molecule has 0 radical (unpaired) electrons. The van der Waals surface area contributed by atoms with Gasteiger partial charge >= 0.3 is 6.03 Å². The van der Waals surface area contributed by atoms with Gasteiger partial charge in [0, 0.05) is 43.7 Å². The Labute approximate surface area is 212 Å². The highest BCUT2D eigenvalue weighted by Gasteiger charge is 2.37. The molecule has 4 aliphatic rings. The molecule has 0 aromatic heterocycles. The fraction of sp³-hybridized carbons (Fsp3) is 0.385. The van der Waals surface area contributed by atoms with Crippen LogP contribution >= 0.6 is 0 Å². The van der Waals surface area contributed by atoms with Gasteiger partial charge in [-0.05, 0) is 42.2 Å². The van der Waals surface area contributed by atoms with Crippen molar-refractivity contribution in [1.82, 2.24) is 20.2 Å². The molecule has 2 fully saturated rings. The minimum absolute atomic E-state index is 0.0191. The number of benzene rings is 2. The number of anilines is 1. The Morgan fingerprint density at radius 1 is 0.973 bits per heavy atom. The Morgan fingerprint density at radius 3 is 2.57 bits per heavy atom. The SMILES string of the molecule is O=C1CCN(N2Cc3cc(CN4CCC(N5C(=O)COc6cc(F)ccc65)CC4)ccc3C2=O)C(=O)N1. The van der Waals surface area contributed by atoms with Crippen LogP contribution in [-0.4, -0.2) is 71.0 Å². The molecule has 4 heterocycles. The Kier molecular flexibility index (Phi) is 5.79. The predicted octanol–water partition coefficient (Wildman–Crippen LogP) is 2.03. The van der Waals surface area contributed by atoms with Gasteiger partial charge < -0.3 is 9.64 Å². The first-order valence-electron chi connectivity index (χ1n) is 12.4. The van der Waals surface area contributed by atoms with Crippen LogP contribution in [0.3, 0.4) is 0 Å². The maximum absolute atomic E-state index is 13.6. The van der Waals surface area contributed by atoms with Gasteiger partial charge in [-0.25, -0.2) is 19.2 Å². The van der Waals surface area contributed by atoms with E-state index in [0.717, 1.165) is 37.1 Å². The van der Waals surface area contributed by atoms with Gasteiger partial charge in [0.05, 0.1) is 18.8 Å². The van der Waals surface area contributed by atoms with Crippen LogP contribution in [0.2, 0.25) is 0 Å². The number of hydrogen-bond donors (Lipinski definition) is 1. The van der Waals surface area contributed by atoms with Crippen LogP contribution in [0, 0.1) is 5.82 Å². The molecule has 1 N–H and O–H groups in total. The quantitative estimate of drug-likeness (QED) is 0.680. The van der Waals surface area contributed by atoms with Crippen molar-refractivity contribution in [1.29, 1.82) is 0 Å². The number of hydrogen-bond acceptors (Lipinski definition) is 6. The fourth-order valence-corrected chi connectivity index (χ4v) is 5.58. The van der Waals surface area contributed by atoms with Gasteiger partial charge in [0.1, 0.15) is 11.6 Å². The fourth-order valence-electron chi connectivity index (χ4n) is 5.58. The molecule has 192 valence electrons. The summed E-state index contributed by atoms with van der Waals surface area (Å²) in [6, 6.07) is 9.45. The number of nitrogens with one attached hydrogen (secondary N) is 1. The molecule has 11 heteroatoms. The maximum Gasteiger partial charge on any atom is 0.342 e. The van der Waals surface area contributed by atoms with Crippen LogP contribution in [0.5, 0.6) is 5.75 Å². The van der Waals surface area contributed by atoms with E-state index in [1.807, 2.05) is 12.1 Å². The molecule has 2 aromatic carbocycles.